The first-order valence-corrected chi connectivity index (χ1v) is 10.2. The topological polar surface area (TPSA) is 103 Å². The number of carbonyl (C=O) groups is 2. The molecule has 3 heterocycles. The molecule has 0 radical (unpaired) electrons. The van der Waals surface area contributed by atoms with E-state index in [0.717, 1.165) is 64.6 Å². The van der Waals surface area contributed by atoms with E-state index >= 15 is 0 Å². The second kappa shape index (κ2) is 8.18. The molecule has 3 aromatic rings. The lowest BCUT2D eigenvalue weighted by Crippen LogP contribution is -2.15. The van der Waals surface area contributed by atoms with Gasteiger partial charge in [-0.15, -0.1) is 0 Å². The summed E-state index contributed by atoms with van der Waals surface area (Å²) in [4.78, 5) is 34.6. The number of esters is 1. The Labute approximate surface area is 183 Å². The van der Waals surface area contributed by atoms with Crippen LogP contribution in [0.5, 0.6) is 11.5 Å². The van der Waals surface area contributed by atoms with Gasteiger partial charge in [-0.05, 0) is 43.2 Å². The number of amides is 1. The normalized spacial score (nSPS) is 14.1. The monoisotopic (exact) mass is 432 g/mol. The zero-order valence-electron chi connectivity index (χ0n) is 17.3. The van der Waals surface area contributed by atoms with E-state index < -0.39 is 11.9 Å². The summed E-state index contributed by atoms with van der Waals surface area (Å²) in [5.74, 6) is 1.22. The van der Waals surface area contributed by atoms with Crippen LogP contribution in [0.15, 0.2) is 48.8 Å². The van der Waals surface area contributed by atoms with Crippen molar-refractivity contribution in [2.75, 3.05) is 30.2 Å². The summed E-state index contributed by atoms with van der Waals surface area (Å²) >= 11 is 0. The molecular formula is C23H20N4O5. The third-order valence-electron chi connectivity index (χ3n) is 5.26. The van der Waals surface area contributed by atoms with Crippen LogP contribution in [0.1, 0.15) is 12.5 Å². The minimum Gasteiger partial charge on any atom is -0.463 e. The Bertz CT molecular complexity index is 1260. The van der Waals surface area contributed by atoms with Crippen LogP contribution in [-0.2, 0) is 20.7 Å². The molecule has 0 saturated carbocycles. The number of fused-ring (bicyclic) bond motifs is 3. The number of anilines is 3. The molecule has 1 amide bonds. The van der Waals surface area contributed by atoms with Crippen LogP contribution in [-0.4, -0.2) is 41.8 Å². The average Bonchev–Trinajstić information content (AvgIpc) is 3.42. The lowest BCUT2D eigenvalue weighted by Gasteiger charge is -2.20. The van der Waals surface area contributed by atoms with Crippen LogP contribution in [0.4, 0.5) is 17.2 Å². The van der Waals surface area contributed by atoms with Crippen molar-refractivity contribution < 1.29 is 23.8 Å². The minimum absolute atomic E-state index is 0.225. The van der Waals surface area contributed by atoms with Gasteiger partial charge in [0.2, 0.25) is 12.7 Å². The van der Waals surface area contributed by atoms with Gasteiger partial charge in [0.15, 0.2) is 11.5 Å². The van der Waals surface area contributed by atoms with Crippen molar-refractivity contribution in [1.82, 2.24) is 9.97 Å². The molecular weight excluding hydrogens is 412 g/mol. The van der Waals surface area contributed by atoms with Gasteiger partial charge in [-0.3, -0.25) is 4.79 Å². The number of ether oxygens (including phenoxy) is 3. The molecule has 0 unspecified atom stereocenters. The van der Waals surface area contributed by atoms with Crippen LogP contribution in [0.25, 0.3) is 10.9 Å². The van der Waals surface area contributed by atoms with Crippen LogP contribution in [0, 0.1) is 0 Å². The summed E-state index contributed by atoms with van der Waals surface area (Å²) in [7, 11) is 0. The number of hydrogen-bond donors (Lipinski definition) is 1. The smallest absolute Gasteiger partial charge is 0.330 e. The van der Waals surface area contributed by atoms with Gasteiger partial charge >= 0.3 is 5.97 Å². The summed E-state index contributed by atoms with van der Waals surface area (Å²) in [6.45, 7) is 2.93. The highest BCUT2D eigenvalue weighted by molar-refractivity contribution is 6.04. The van der Waals surface area contributed by atoms with Gasteiger partial charge in [-0.1, -0.05) is 0 Å². The Kier molecular flexibility index (Phi) is 5.06. The van der Waals surface area contributed by atoms with Gasteiger partial charge in [0.25, 0.3) is 0 Å². The molecule has 5 rings (SSSR count). The largest absolute Gasteiger partial charge is 0.463 e. The summed E-state index contributed by atoms with van der Waals surface area (Å²) in [5, 5.41) is 3.55. The molecule has 162 valence electrons. The predicted molar refractivity (Wildman–Crippen MR) is 117 cm³/mol. The van der Waals surface area contributed by atoms with E-state index in [0.29, 0.717) is 5.69 Å². The fourth-order valence-corrected chi connectivity index (χ4v) is 3.85. The van der Waals surface area contributed by atoms with Crippen LogP contribution < -0.4 is 19.7 Å². The number of nitrogens with one attached hydrogen (secondary N) is 1. The highest BCUT2D eigenvalue weighted by Gasteiger charge is 2.27. The molecule has 0 fully saturated rings. The molecule has 9 heteroatoms. The molecule has 1 N–H and O–H groups in total. The Balaban J connectivity index is 1.45. The third kappa shape index (κ3) is 3.68. The summed E-state index contributed by atoms with van der Waals surface area (Å²) in [6.07, 6.45) is 4.62. The van der Waals surface area contributed by atoms with Crippen LogP contribution >= 0.6 is 0 Å². The molecule has 0 bridgehead atoms. The molecule has 2 aliphatic rings. The third-order valence-corrected chi connectivity index (χ3v) is 5.26. The first kappa shape index (κ1) is 19.8. The Hall–Kier alpha value is -4.14. The maximum Gasteiger partial charge on any atom is 0.330 e. The quantitative estimate of drug-likeness (QED) is 0.485. The van der Waals surface area contributed by atoms with Crippen molar-refractivity contribution in [1.29, 1.82) is 0 Å². The lowest BCUT2D eigenvalue weighted by atomic mass is 10.1. The molecule has 0 saturated heterocycles. The van der Waals surface area contributed by atoms with Crippen molar-refractivity contribution in [3.8, 4) is 11.5 Å². The predicted octanol–water partition coefficient (Wildman–Crippen LogP) is 3.11. The maximum atomic E-state index is 12.2. The Morgan fingerprint density at radius 3 is 2.84 bits per heavy atom. The maximum absolute atomic E-state index is 12.2. The second-order valence-electron chi connectivity index (χ2n) is 7.24. The standard InChI is InChI=1S/C23H20N4O5/c1-2-30-22(29)6-5-21(28)26-15-3-4-17-16(10-15)23(25-12-24-17)27-8-7-14-9-19-20(11-18(14)27)32-13-31-19/h3-6,9-12H,2,7-8,13H2,1H3,(H,26,28). The number of nitrogens with zero attached hydrogens (tertiary/aromatic N) is 3. The van der Waals surface area contributed by atoms with Gasteiger partial charge in [0, 0.05) is 41.5 Å². The number of hydrogen-bond acceptors (Lipinski definition) is 8. The van der Waals surface area contributed by atoms with E-state index in [1.54, 1.807) is 13.0 Å². The first-order valence-electron chi connectivity index (χ1n) is 10.2. The average molecular weight is 432 g/mol. The van der Waals surface area contributed by atoms with Crippen molar-refractivity contribution in [2.24, 2.45) is 0 Å². The fourth-order valence-electron chi connectivity index (χ4n) is 3.85. The van der Waals surface area contributed by atoms with Gasteiger partial charge in [-0.2, -0.15) is 0 Å². The number of aromatic nitrogens is 2. The van der Waals surface area contributed by atoms with E-state index in [9.17, 15) is 9.59 Å². The molecule has 2 aromatic carbocycles. The molecule has 9 nitrogen and oxygen atoms in total. The van der Waals surface area contributed by atoms with Crippen molar-refractivity contribution in [2.45, 2.75) is 13.3 Å². The summed E-state index contributed by atoms with van der Waals surface area (Å²) in [6, 6.07) is 9.39. The van der Waals surface area contributed by atoms with Gasteiger partial charge in [0.1, 0.15) is 12.1 Å². The Morgan fingerprint density at radius 1 is 1.16 bits per heavy atom. The minimum atomic E-state index is -0.564. The molecule has 1 aromatic heterocycles. The molecule has 0 atom stereocenters. The van der Waals surface area contributed by atoms with Crippen molar-refractivity contribution >= 4 is 40.0 Å². The summed E-state index contributed by atoms with van der Waals surface area (Å²) < 4.78 is 15.8. The zero-order chi connectivity index (χ0) is 22.1. The van der Waals surface area contributed by atoms with E-state index in [4.69, 9.17) is 14.2 Å². The number of carbonyl (C=O) groups excluding carboxylic acids is 2. The Morgan fingerprint density at radius 2 is 2.00 bits per heavy atom. The fraction of sp³-hybridized carbons (Fsp3) is 0.217. The highest BCUT2D eigenvalue weighted by atomic mass is 16.7. The van der Waals surface area contributed by atoms with Crippen molar-refractivity contribution in [3.05, 3.63) is 54.4 Å². The van der Waals surface area contributed by atoms with E-state index in [-0.39, 0.29) is 13.4 Å². The highest BCUT2D eigenvalue weighted by Crippen LogP contribution is 2.44. The van der Waals surface area contributed by atoms with Crippen LogP contribution in [0.2, 0.25) is 0 Å². The SMILES string of the molecule is CCOC(=O)C=CC(=O)Nc1ccc2ncnc(N3CCc4cc5c(cc43)OCO5)c2c1. The van der Waals surface area contributed by atoms with E-state index in [1.165, 1.54) is 6.33 Å². The van der Waals surface area contributed by atoms with Gasteiger partial charge < -0.3 is 24.4 Å². The van der Waals surface area contributed by atoms with E-state index in [2.05, 4.69) is 20.2 Å². The van der Waals surface area contributed by atoms with Gasteiger partial charge in [0.05, 0.1) is 12.1 Å². The molecule has 2 aliphatic heterocycles. The summed E-state index contributed by atoms with van der Waals surface area (Å²) in [5.41, 5.74) is 3.50. The second-order valence-corrected chi connectivity index (χ2v) is 7.24. The number of benzene rings is 2. The van der Waals surface area contributed by atoms with Crippen LogP contribution in [0.3, 0.4) is 0 Å². The van der Waals surface area contributed by atoms with E-state index in [1.807, 2.05) is 24.3 Å². The van der Waals surface area contributed by atoms with Crippen molar-refractivity contribution in [3.63, 3.8) is 0 Å². The van der Waals surface area contributed by atoms with Gasteiger partial charge in [-0.25, -0.2) is 14.8 Å². The number of rotatable bonds is 5. The molecule has 0 aliphatic carbocycles. The molecule has 0 spiro atoms. The molecule has 32 heavy (non-hydrogen) atoms. The zero-order valence-corrected chi connectivity index (χ0v) is 17.3. The lowest BCUT2D eigenvalue weighted by molar-refractivity contribution is -0.137. The first-order chi connectivity index (χ1) is 15.6.